The normalized spacial score (nSPS) is 12.4. The number of carbonyl (C=O) groups is 1. The SMILES string of the molecule is CCCCCCCCCCCC(=O)NC(C)C[O]. The largest absolute Gasteiger partial charge is 0.351 e. The van der Waals surface area contributed by atoms with E-state index in [1.54, 1.807) is 6.92 Å². The van der Waals surface area contributed by atoms with Crippen molar-refractivity contribution in [2.75, 3.05) is 6.61 Å². The van der Waals surface area contributed by atoms with Crippen LogP contribution < -0.4 is 5.32 Å². The van der Waals surface area contributed by atoms with Gasteiger partial charge < -0.3 is 5.32 Å². The van der Waals surface area contributed by atoms with Gasteiger partial charge >= 0.3 is 0 Å². The van der Waals surface area contributed by atoms with Crippen LogP contribution >= 0.6 is 0 Å². The minimum atomic E-state index is -0.233. The third kappa shape index (κ3) is 11.9. The third-order valence-corrected chi connectivity index (χ3v) is 3.16. The quantitative estimate of drug-likeness (QED) is 0.530. The maximum atomic E-state index is 11.4. The number of carbonyl (C=O) groups excluding carboxylic acids is 1. The van der Waals surface area contributed by atoms with E-state index in [1.807, 2.05) is 0 Å². The van der Waals surface area contributed by atoms with Crippen LogP contribution in [0.3, 0.4) is 0 Å². The second kappa shape index (κ2) is 12.9. The lowest BCUT2D eigenvalue weighted by atomic mass is 10.1. The first-order chi connectivity index (χ1) is 8.70. The first kappa shape index (κ1) is 17.4. The highest BCUT2D eigenvalue weighted by Gasteiger charge is 2.05. The molecule has 0 saturated heterocycles. The second-order valence-electron chi connectivity index (χ2n) is 5.21. The molecular formula is C15H30NO2. The van der Waals surface area contributed by atoms with Crippen molar-refractivity contribution in [3.8, 4) is 0 Å². The standard InChI is InChI=1S/C15H30NO2/c1-3-4-5-6-7-8-9-10-11-12-15(18)16-14(2)13-17/h14H,3-13H2,1-2H3,(H,16,18). The predicted molar refractivity (Wildman–Crippen MR) is 75.0 cm³/mol. The van der Waals surface area contributed by atoms with Crippen molar-refractivity contribution in [2.24, 2.45) is 0 Å². The van der Waals surface area contributed by atoms with Crippen LogP contribution in [0.2, 0.25) is 0 Å². The summed E-state index contributed by atoms with van der Waals surface area (Å²) in [5, 5.41) is 13.2. The molecule has 18 heavy (non-hydrogen) atoms. The molecule has 1 radical (unpaired) electrons. The fourth-order valence-corrected chi connectivity index (χ4v) is 1.98. The molecular weight excluding hydrogens is 226 g/mol. The van der Waals surface area contributed by atoms with Crippen LogP contribution in [-0.2, 0) is 9.90 Å². The Bertz CT molecular complexity index is 195. The molecule has 107 valence electrons. The molecule has 0 aromatic carbocycles. The number of hydrogen-bond donors (Lipinski definition) is 1. The van der Waals surface area contributed by atoms with Gasteiger partial charge in [0.05, 0.1) is 6.04 Å². The number of hydrogen-bond acceptors (Lipinski definition) is 1. The van der Waals surface area contributed by atoms with Gasteiger partial charge in [0.1, 0.15) is 6.61 Å². The van der Waals surface area contributed by atoms with Crippen molar-refractivity contribution in [3.05, 3.63) is 0 Å². The summed E-state index contributed by atoms with van der Waals surface area (Å²) in [7, 11) is 0. The van der Waals surface area contributed by atoms with E-state index in [0.717, 1.165) is 12.8 Å². The Morgan fingerprint density at radius 3 is 1.94 bits per heavy atom. The van der Waals surface area contributed by atoms with Gasteiger partial charge in [-0.3, -0.25) is 4.79 Å². The Morgan fingerprint density at radius 2 is 1.44 bits per heavy atom. The molecule has 0 heterocycles. The number of nitrogens with one attached hydrogen (secondary N) is 1. The van der Waals surface area contributed by atoms with E-state index in [0.29, 0.717) is 6.42 Å². The highest BCUT2D eigenvalue weighted by Crippen LogP contribution is 2.10. The van der Waals surface area contributed by atoms with Crippen LogP contribution in [-0.4, -0.2) is 18.6 Å². The molecule has 0 aromatic rings. The summed E-state index contributed by atoms with van der Waals surface area (Å²) in [5.41, 5.74) is 0. The number of rotatable bonds is 12. The molecule has 1 unspecified atom stereocenters. The minimum absolute atomic E-state index is 0.0290. The van der Waals surface area contributed by atoms with Crippen LogP contribution in [0.15, 0.2) is 0 Å². The molecule has 0 saturated carbocycles. The molecule has 0 aromatic heterocycles. The van der Waals surface area contributed by atoms with Crippen LogP contribution in [0.25, 0.3) is 0 Å². The predicted octanol–water partition coefficient (Wildman–Crippen LogP) is 3.84. The van der Waals surface area contributed by atoms with E-state index < -0.39 is 0 Å². The Labute approximate surface area is 112 Å². The van der Waals surface area contributed by atoms with E-state index >= 15 is 0 Å². The monoisotopic (exact) mass is 256 g/mol. The third-order valence-electron chi connectivity index (χ3n) is 3.16. The molecule has 1 N–H and O–H groups in total. The molecule has 1 atom stereocenters. The van der Waals surface area contributed by atoms with Gasteiger partial charge in [-0.25, -0.2) is 5.11 Å². The Hall–Kier alpha value is -0.570. The molecule has 0 spiro atoms. The van der Waals surface area contributed by atoms with E-state index in [2.05, 4.69) is 12.2 Å². The van der Waals surface area contributed by atoms with Crippen LogP contribution in [0.1, 0.15) is 78.1 Å². The fraction of sp³-hybridized carbons (Fsp3) is 0.933. The van der Waals surface area contributed by atoms with Crippen LogP contribution in [0.5, 0.6) is 0 Å². The zero-order valence-electron chi connectivity index (χ0n) is 12.2. The van der Waals surface area contributed by atoms with Gasteiger partial charge in [0.25, 0.3) is 0 Å². The minimum Gasteiger partial charge on any atom is -0.351 e. The lowest BCUT2D eigenvalue weighted by molar-refractivity contribution is -0.122. The van der Waals surface area contributed by atoms with Gasteiger partial charge in [-0.15, -0.1) is 0 Å². The topological polar surface area (TPSA) is 49.0 Å². The first-order valence-electron chi connectivity index (χ1n) is 7.58. The summed E-state index contributed by atoms with van der Waals surface area (Å²) in [4.78, 5) is 11.4. The van der Waals surface area contributed by atoms with Crippen molar-refractivity contribution in [1.82, 2.24) is 5.32 Å². The molecule has 1 amide bonds. The van der Waals surface area contributed by atoms with Crippen molar-refractivity contribution in [1.29, 1.82) is 0 Å². The van der Waals surface area contributed by atoms with Gasteiger partial charge in [0, 0.05) is 6.42 Å². The van der Waals surface area contributed by atoms with Gasteiger partial charge in [-0.1, -0.05) is 58.3 Å². The van der Waals surface area contributed by atoms with E-state index in [4.69, 9.17) is 0 Å². The smallest absolute Gasteiger partial charge is 0.220 e. The average Bonchev–Trinajstić information content (AvgIpc) is 2.36. The summed E-state index contributed by atoms with van der Waals surface area (Å²) < 4.78 is 0. The Kier molecular flexibility index (Phi) is 12.5. The Morgan fingerprint density at radius 1 is 0.944 bits per heavy atom. The molecule has 3 heteroatoms. The lowest BCUT2D eigenvalue weighted by Crippen LogP contribution is -2.34. The zero-order valence-corrected chi connectivity index (χ0v) is 12.2. The van der Waals surface area contributed by atoms with E-state index in [-0.39, 0.29) is 18.6 Å². The number of amides is 1. The first-order valence-corrected chi connectivity index (χ1v) is 7.58. The molecule has 0 rings (SSSR count). The van der Waals surface area contributed by atoms with Gasteiger partial charge in [-0.2, -0.15) is 0 Å². The average molecular weight is 256 g/mol. The molecule has 0 aliphatic carbocycles. The summed E-state index contributed by atoms with van der Waals surface area (Å²) in [6.45, 7) is 3.75. The van der Waals surface area contributed by atoms with Crippen molar-refractivity contribution >= 4 is 5.91 Å². The van der Waals surface area contributed by atoms with Crippen molar-refractivity contribution in [3.63, 3.8) is 0 Å². The molecule has 0 bridgehead atoms. The molecule has 3 nitrogen and oxygen atoms in total. The Balaban J connectivity index is 3.17. The van der Waals surface area contributed by atoms with Gasteiger partial charge in [0.15, 0.2) is 0 Å². The van der Waals surface area contributed by atoms with Crippen LogP contribution in [0, 0.1) is 0 Å². The summed E-state index contributed by atoms with van der Waals surface area (Å²) >= 11 is 0. The van der Waals surface area contributed by atoms with Gasteiger partial charge in [0.2, 0.25) is 5.91 Å². The molecule has 0 aliphatic rings. The molecule has 0 aliphatic heterocycles. The molecule has 0 fully saturated rings. The second-order valence-corrected chi connectivity index (χ2v) is 5.21. The number of unbranched alkanes of at least 4 members (excludes halogenated alkanes) is 8. The maximum absolute atomic E-state index is 11.4. The van der Waals surface area contributed by atoms with E-state index in [9.17, 15) is 9.90 Å². The highest BCUT2D eigenvalue weighted by molar-refractivity contribution is 5.76. The van der Waals surface area contributed by atoms with E-state index in [1.165, 1.54) is 44.9 Å². The summed E-state index contributed by atoms with van der Waals surface area (Å²) in [6.07, 6.45) is 11.9. The summed E-state index contributed by atoms with van der Waals surface area (Å²) in [6, 6.07) is -0.226. The lowest BCUT2D eigenvalue weighted by Gasteiger charge is -2.09. The van der Waals surface area contributed by atoms with Crippen molar-refractivity contribution < 1.29 is 9.90 Å². The highest BCUT2D eigenvalue weighted by atomic mass is 16.3. The summed E-state index contributed by atoms with van der Waals surface area (Å²) in [5.74, 6) is 0.0290. The van der Waals surface area contributed by atoms with Crippen molar-refractivity contribution in [2.45, 2.75) is 84.1 Å². The maximum Gasteiger partial charge on any atom is 0.220 e. The fourth-order valence-electron chi connectivity index (χ4n) is 1.98. The van der Waals surface area contributed by atoms with Crippen LogP contribution in [0.4, 0.5) is 0 Å². The van der Waals surface area contributed by atoms with Gasteiger partial charge in [-0.05, 0) is 13.3 Å². The zero-order chi connectivity index (χ0) is 13.6.